The van der Waals surface area contributed by atoms with Gasteiger partial charge in [0.05, 0.1) is 11.4 Å². The van der Waals surface area contributed by atoms with Crippen LogP contribution in [-0.2, 0) is 11.2 Å². The smallest absolute Gasteiger partial charge is 0.276 e. The van der Waals surface area contributed by atoms with E-state index in [1.54, 1.807) is 38.2 Å². The predicted octanol–water partition coefficient (Wildman–Crippen LogP) is 3.56. The van der Waals surface area contributed by atoms with Gasteiger partial charge < -0.3 is 10.2 Å². The molecule has 1 aliphatic rings. The molecule has 0 saturated carbocycles. The third-order valence-corrected chi connectivity index (χ3v) is 6.19. The number of halogens is 2. The molecule has 0 saturated heterocycles. The molecule has 1 aliphatic heterocycles. The van der Waals surface area contributed by atoms with Gasteiger partial charge >= 0.3 is 0 Å². The lowest BCUT2D eigenvalue weighted by Gasteiger charge is -2.22. The zero-order chi connectivity index (χ0) is 23.0. The van der Waals surface area contributed by atoms with E-state index in [9.17, 15) is 14.4 Å². The minimum atomic E-state index is -0.829. The molecule has 0 spiro atoms. The summed E-state index contributed by atoms with van der Waals surface area (Å²) < 4.78 is 1.44. The van der Waals surface area contributed by atoms with Crippen LogP contribution in [0.5, 0.6) is 0 Å². The highest BCUT2D eigenvalue weighted by atomic mass is 35.5. The summed E-state index contributed by atoms with van der Waals surface area (Å²) in [5.74, 6) is -1.04. The number of nitrogens with zero attached hydrogens (tertiary/aromatic N) is 3. The second kappa shape index (κ2) is 8.76. The van der Waals surface area contributed by atoms with E-state index in [-0.39, 0.29) is 16.6 Å². The predicted molar refractivity (Wildman–Crippen MR) is 124 cm³/mol. The number of benzene rings is 2. The molecule has 32 heavy (non-hydrogen) atoms. The lowest BCUT2D eigenvalue weighted by Crippen LogP contribution is -2.48. The van der Waals surface area contributed by atoms with Gasteiger partial charge in [0.1, 0.15) is 11.1 Å². The van der Waals surface area contributed by atoms with Crippen molar-refractivity contribution in [3.8, 4) is 5.69 Å². The number of aryl methyl sites for hydroxylation is 1. The third-order valence-electron chi connectivity index (χ3n) is 5.50. The summed E-state index contributed by atoms with van der Waals surface area (Å²) >= 11 is 12.3. The van der Waals surface area contributed by atoms with Gasteiger partial charge in [-0.1, -0.05) is 41.4 Å². The molecule has 3 aromatic rings. The van der Waals surface area contributed by atoms with E-state index in [1.165, 1.54) is 9.58 Å². The normalized spacial score (nSPS) is 15.8. The summed E-state index contributed by atoms with van der Waals surface area (Å²) in [6.45, 7) is 1.65. The van der Waals surface area contributed by atoms with E-state index < -0.39 is 17.4 Å². The maximum absolute atomic E-state index is 13.0. The van der Waals surface area contributed by atoms with E-state index in [0.29, 0.717) is 29.2 Å². The van der Waals surface area contributed by atoms with Gasteiger partial charge in [0.2, 0.25) is 11.3 Å². The molecule has 4 rings (SSSR count). The van der Waals surface area contributed by atoms with Gasteiger partial charge in [-0.2, -0.15) is 5.10 Å². The molecule has 2 amide bonds. The summed E-state index contributed by atoms with van der Waals surface area (Å²) in [4.78, 5) is 40.2. The minimum absolute atomic E-state index is 0.0969. The first kappa shape index (κ1) is 22.0. The fraction of sp³-hybridized carbons (Fsp3) is 0.217. The Balaban J connectivity index is 1.65. The van der Waals surface area contributed by atoms with Crippen molar-refractivity contribution in [1.82, 2.24) is 15.1 Å². The van der Waals surface area contributed by atoms with Crippen LogP contribution >= 0.6 is 23.2 Å². The summed E-state index contributed by atoms with van der Waals surface area (Å²) in [6.07, 6.45) is 0.891. The quantitative estimate of drug-likeness (QED) is 0.634. The average molecular weight is 471 g/mol. The first-order valence-electron chi connectivity index (χ1n) is 9.99. The highest BCUT2D eigenvalue weighted by Crippen LogP contribution is 2.28. The second-order valence-electron chi connectivity index (χ2n) is 7.56. The molecule has 2 heterocycles. The Morgan fingerprint density at radius 3 is 2.56 bits per heavy atom. The van der Waals surface area contributed by atoms with Crippen LogP contribution in [0.2, 0.25) is 10.0 Å². The number of hydrogen-bond acceptors (Lipinski definition) is 4. The molecular weight excluding hydrogens is 451 g/mol. The number of amides is 2. The van der Waals surface area contributed by atoms with Gasteiger partial charge in [-0.3, -0.25) is 14.4 Å². The summed E-state index contributed by atoms with van der Waals surface area (Å²) in [6, 6.07) is 13.5. The van der Waals surface area contributed by atoms with Gasteiger partial charge in [-0.25, -0.2) is 4.68 Å². The molecule has 164 valence electrons. The monoisotopic (exact) mass is 470 g/mol. The van der Waals surface area contributed by atoms with E-state index in [0.717, 1.165) is 11.3 Å². The Morgan fingerprint density at radius 1 is 1.12 bits per heavy atom. The van der Waals surface area contributed by atoms with Crippen molar-refractivity contribution < 1.29 is 9.59 Å². The molecule has 2 aromatic carbocycles. The van der Waals surface area contributed by atoms with Crippen LogP contribution in [-0.4, -0.2) is 34.7 Å². The van der Waals surface area contributed by atoms with Gasteiger partial charge in [-0.15, -0.1) is 0 Å². The lowest BCUT2D eigenvalue weighted by molar-refractivity contribution is -0.120. The van der Waals surface area contributed by atoms with E-state index in [4.69, 9.17) is 23.2 Å². The van der Waals surface area contributed by atoms with Crippen LogP contribution < -0.4 is 15.6 Å². The number of fused-ring (bicyclic) bond motifs is 1. The number of carbonyl (C=O) groups is 2. The number of rotatable bonds is 3. The number of hydrogen-bond donors (Lipinski definition) is 1. The van der Waals surface area contributed by atoms with Gasteiger partial charge in [0.15, 0.2) is 5.69 Å². The van der Waals surface area contributed by atoms with Crippen molar-refractivity contribution in [2.45, 2.75) is 25.8 Å². The molecule has 0 aliphatic carbocycles. The van der Waals surface area contributed by atoms with Gasteiger partial charge in [0.25, 0.3) is 5.91 Å². The minimum Gasteiger partial charge on any atom is -0.339 e. The fourth-order valence-corrected chi connectivity index (χ4v) is 4.13. The summed E-state index contributed by atoms with van der Waals surface area (Å²) in [5, 5.41) is 7.40. The van der Waals surface area contributed by atoms with Gasteiger partial charge in [0, 0.05) is 17.8 Å². The molecule has 9 heteroatoms. The Bertz CT molecular complexity index is 1270. The first-order valence-corrected chi connectivity index (χ1v) is 10.7. The molecule has 1 N–H and O–H groups in total. The van der Waals surface area contributed by atoms with Crippen molar-refractivity contribution in [3.63, 3.8) is 0 Å². The topological polar surface area (TPSA) is 84.3 Å². The fourth-order valence-electron chi connectivity index (χ4n) is 3.77. The number of para-hydroxylation sites is 1. The van der Waals surface area contributed by atoms with Crippen molar-refractivity contribution in [2.75, 3.05) is 11.9 Å². The number of carbonyl (C=O) groups excluding carboxylic acids is 2. The Hall–Kier alpha value is -3.16. The number of likely N-dealkylation sites (N-methyl/N-ethyl adjacent to an activating group) is 1. The van der Waals surface area contributed by atoms with Crippen molar-refractivity contribution >= 4 is 40.7 Å². The van der Waals surface area contributed by atoms with E-state index in [2.05, 4.69) is 10.4 Å². The number of anilines is 1. The molecule has 0 fully saturated rings. The van der Waals surface area contributed by atoms with Gasteiger partial charge in [-0.05, 0) is 55.7 Å². The summed E-state index contributed by atoms with van der Waals surface area (Å²) in [7, 11) is 1.64. The zero-order valence-electron chi connectivity index (χ0n) is 17.4. The highest BCUT2D eigenvalue weighted by molar-refractivity contribution is 6.31. The van der Waals surface area contributed by atoms with Crippen LogP contribution in [0.25, 0.3) is 5.69 Å². The van der Waals surface area contributed by atoms with Crippen LogP contribution in [0, 0.1) is 6.92 Å². The van der Waals surface area contributed by atoms with Crippen molar-refractivity contribution in [2.24, 2.45) is 0 Å². The van der Waals surface area contributed by atoms with E-state index >= 15 is 0 Å². The second-order valence-corrected chi connectivity index (χ2v) is 8.37. The van der Waals surface area contributed by atoms with Crippen LogP contribution in [0.4, 0.5) is 5.69 Å². The molecule has 1 unspecified atom stereocenters. The molecule has 1 atom stereocenters. The Morgan fingerprint density at radius 2 is 1.84 bits per heavy atom. The Kier molecular flexibility index (Phi) is 6.04. The van der Waals surface area contributed by atoms with Crippen molar-refractivity contribution in [3.05, 3.63) is 85.8 Å². The zero-order valence-corrected chi connectivity index (χ0v) is 18.9. The Labute approximate surface area is 194 Å². The van der Waals surface area contributed by atoms with Crippen LogP contribution in [0.15, 0.2) is 53.3 Å². The first-order chi connectivity index (χ1) is 15.3. The molecule has 7 nitrogen and oxygen atoms in total. The molecule has 0 bridgehead atoms. The lowest BCUT2D eigenvalue weighted by atomic mass is 10.1. The average Bonchev–Trinajstić information content (AvgIpc) is 2.90. The molecular formula is C23H20Cl2N4O3. The highest BCUT2D eigenvalue weighted by Gasteiger charge is 2.31. The van der Waals surface area contributed by atoms with Crippen LogP contribution in [0.3, 0.4) is 0 Å². The largest absolute Gasteiger partial charge is 0.339 e. The molecule has 1 aromatic heterocycles. The number of nitrogens with one attached hydrogen (secondary N) is 1. The van der Waals surface area contributed by atoms with E-state index in [1.807, 2.05) is 24.3 Å². The number of aromatic nitrogens is 2. The maximum atomic E-state index is 13.0. The summed E-state index contributed by atoms with van der Waals surface area (Å²) in [5.41, 5.74) is 1.66. The standard InChI is InChI=1S/C23H20Cl2N4O3/c1-13-19(25)21(30)20(27-29(13)16-6-4-3-5-7-16)22(31)26-17-10-8-14-12-15(24)9-11-18(14)28(2)23(17)32/h3-7,9,11-12,17H,8,10H2,1-2H3,(H,26,31). The maximum Gasteiger partial charge on any atom is 0.276 e. The molecule has 0 radical (unpaired) electrons. The van der Waals surface area contributed by atoms with Crippen LogP contribution in [0.1, 0.15) is 28.2 Å². The SMILES string of the molecule is Cc1c(Cl)c(=O)c(C(=O)NC2CCc3cc(Cl)ccc3N(C)C2=O)nn1-c1ccccc1. The van der Waals surface area contributed by atoms with Crippen molar-refractivity contribution in [1.29, 1.82) is 0 Å². The third kappa shape index (κ3) is 4.01.